The van der Waals surface area contributed by atoms with Gasteiger partial charge in [0.1, 0.15) is 23.1 Å². The largest absolute Gasteiger partial charge is 0.459 e. The highest BCUT2D eigenvalue weighted by Gasteiger charge is 2.49. The number of hydrogen-bond acceptors (Lipinski definition) is 6. The van der Waals surface area contributed by atoms with Gasteiger partial charge in [-0.1, -0.05) is 15.9 Å². The maximum atomic E-state index is 13.5. The van der Waals surface area contributed by atoms with E-state index in [1.807, 2.05) is 38.1 Å². The number of benzene rings is 2. The fourth-order valence-electron chi connectivity index (χ4n) is 3.43. The Morgan fingerprint density at radius 3 is 2.12 bits per heavy atom. The molecule has 0 saturated carbocycles. The number of carbonyl (C=O) groups is 1. The third kappa shape index (κ3) is 5.87. The van der Waals surface area contributed by atoms with E-state index in [1.165, 1.54) is 16.4 Å². The smallest absolute Gasteiger partial charge is 0.326 e. The minimum atomic E-state index is -3.92. The number of thioether (sulfide) groups is 1. The van der Waals surface area contributed by atoms with Gasteiger partial charge in [0.05, 0.1) is 4.90 Å². The molecular formula is C23H28BrNO5S2. The van der Waals surface area contributed by atoms with Crippen LogP contribution in [-0.4, -0.2) is 47.4 Å². The zero-order valence-electron chi connectivity index (χ0n) is 18.8. The third-order valence-electron chi connectivity index (χ3n) is 4.84. The van der Waals surface area contributed by atoms with Crippen molar-refractivity contribution in [3.05, 3.63) is 53.0 Å². The molecule has 1 heterocycles. The number of nitrogens with zero attached hydrogens (tertiary/aromatic N) is 1. The van der Waals surface area contributed by atoms with E-state index in [4.69, 9.17) is 9.47 Å². The summed E-state index contributed by atoms with van der Waals surface area (Å²) in [7, 11) is -3.92. The second-order valence-electron chi connectivity index (χ2n) is 9.03. The van der Waals surface area contributed by atoms with Gasteiger partial charge in [-0.25, -0.2) is 8.42 Å². The molecule has 1 aliphatic rings. The number of hydrogen-bond donors (Lipinski definition) is 0. The van der Waals surface area contributed by atoms with Gasteiger partial charge in [-0.3, -0.25) is 4.79 Å². The van der Waals surface area contributed by atoms with Crippen LogP contribution < -0.4 is 4.74 Å². The second-order valence-corrected chi connectivity index (χ2v) is 13.6. The van der Waals surface area contributed by atoms with Crippen molar-refractivity contribution in [2.75, 3.05) is 12.3 Å². The number of carbonyl (C=O) groups excluding carboxylic acids is 1. The normalized spacial score (nSPS) is 19.4. The van der Waals surface area contributed by atoms with Crippen molar-refractivity contribution in [3.8, 4) is 11.5 Å². The van der Waals surface area contributed by atoms with Gasteiger partial charge >= 0.3 is 5.97 Å². The standard InChI is InChI=1S/C23H28BrNO5S2/c1-22(2,3)30-21(26)20-23(4,5)31-15-14-25(20)32(27,28)19-12-10-18(11-13-19)29-17-8-6-16(24)7-9-17/h6-13,20H,14-15H2,1-5H3. The van der Waals surface area contributed by atoms with Gasteiger partial charge < -0.3 is 9.47 Å². The second kappa shape index (κ2) is 9.37. The topological polar surface area (TPSA) is 72.9 Å². The van der Waals surface area contributed by atoms with Gasteiger partial charge in [0.2, 0.25) is 10.0 Å². The summed E-state index contributed by atoms with van der Waals surface area (Å²) in [5.74, 6) is 1.22. The third-order valence-corrected chi connectivity index (χ3v) is 8.60. The molecule has 1 unspecified atom stereocenters. The first-order valence-electron chi connectivity index (χ1n) is 10.2. The summed E-state index contributed by atoms with van der Waals surface area (Å²) in [5, 5.41) is 0. The van der Waals surface area contributed by atoms with Crippen molar-refractivity contribution in [3.63, 3.8) is 0 Å². The van der Waals surface area contributed by atoms with Crippen molar-refractivity contribution in [1.82, 2.24) is 4.31 Å². The monoisotopic (exact) mass is 541 g/mol. The van der Waals surface area contributed by atoms with Crippen LogP contribution in [0.5, 0.6) is 11.5 Å². The molecule has 174 valence electrons. The van der Waals surface area contributed by atoms with Crippen molar-refractivity contribution in [2.24, 2.45) is 0 Å². The molecule has 0 radical (unpaired) electrons. The molecule has 0 aromatic heterocycles. The average Bonchev–Trinajstić information content (AvgIpc) is 2.68. The summed E-state index contributed by atoms with van der Waals surface area (Å²) in [6.07, 6.45) is 0. The van der Waals surface area contributed by atoms with E-state index in [-0.39, 0.29) is 11.4 Å². The minimum absolute atomic E-state index is 0.108. The van der Waals surface area contributed by atoms with E-state index >= 15 is 0 Å². The van der Waals surface area contributed by atoms with Crippen LogP contribution in [0.3, 0.4) is 0 Å². The van der Waals surface area contributed by atoms with E-state index in [0.29, 0.717) is 17.3 Å². The van der Waals surface area contributed by atoms with E-state index in [9.17, 15) is 13.2 Å². The summed E-state index contributed by atoms with van der Waals surface area (Å²) in [6.45, 7) is 9.31. The highest BCUT2D eigenvalue weighted by Crippen LogP contribution is 2.39. The first kappa shape index (κ1) is 25.1. The van der Waals surface area contributed by atoms with Crippen LogP contribution >= 0.6 is 27.7 Å². The molecule has 1 saturated heterocycles. The van der Waals surface area contributed by atoms with Crippen LogP contribution in [0.1, 0.15) is 34.6 Å². The summed E-state index contributed by atoms with van der Waals surface area (Å²) in [4.78, 5) is 13.1. The van der Waals surface area contributed by atoms with Gasteiger partial charge in [-0.05, 0) is 83.1 Å². The van der Waals surface area contributed by atoms with E-state index in [2.05, 4.69) is 15.9 Å². The summed E-state index contributed by atoms with van der Waals surface area (Å²) in [5.41, 5.74) is -0.712. The maximum absolute atomic E-state index is 13.5. The highest BCUT2D eigenvalue weighted by atomic mass is 79.9. The van der Waals surface area contributed by atoms with Crippen LogP contribution in [0.4, 0.5) is 0 Å². The number of rotatable bonds is 5. The Morgan fingerprint density at radius 1 is 1.06 bits per heavy atom. The fourth-order valence-corrected chi connectivity index (χ4v) is 6.78. The van der Waals surface area contributed by atoms with Gasteiger partial charge in [0, 0.05) is 21.5 Å². The fraction of sp³-hybridized carbons (Fsp3) is 0.435. The van der Waals surface area contributed by atoms with Gasteiger partial charge in [0.25, 0.3) is 0 Å². The first-order chi connectivity index (χ1) is 14.8. The van der Waals surface area contributed by atoms with Crippen LogP contribution in [0.25, 0.3) is 0 Å². The van der Waals surface area contributed by atoms with Crippen molar-refractivity contribution in [1.29, 1.82) is 0 Å². The molecule has 0 N–H and O–H groups in total. The van der Waals surface area contributed by atoms with Crippen molar-refractivity contribution < 1.29 is 22.7 Å². The Kier molecular flexibility index (Phi) is 7.34. The van der Waals surface area contributed by atoms with E-state index < -0.39 is 32.4 Å². The lowest BCUT2D eigenvalue weighted by atomic mass is 10.0. The molecule has 1 fully saturated rings. The molecule has 9 heteroatoms. The summed E-state index contributed by atoms with van der Waals surface area (Å²) in [6, 6.07) is 12.7. The summed E-state index contributed by atoms with van der Waals surface area (Å²) >= 11 is 4.95. The first-order valence-corrected chi connectivity index (χ1v) is 13.4. The van der Waals surface area contributed by atoms with Crippen LogP contribution in [0.2, 0.25) is 0 Å². The Balaban J connectivity index is 1.87. The Bertz CT molecular complexity index is 1060. The van der Waals surface area contributed by atoms with Gasteiger partial charge in [-0.2, -0.15) is 16.1 Å². The lowest BCUT2D eigenvalue weighted by Crippen LogP contribution is -2.59. The SMILES string of the molecule is CC(C)(C)OC(=O)C1N(S(=O)(=O)c2ccc(Oc3ccc(Br)cc3)cc2)CCSC1(C)C. The molecule has 2 aromatic carbocycles. The molecule has 2 aromatic rings. The molecule has 0 bridgehead atoms. The summed E-state index contributed by atoms with van der Waals surface area (Å²) < 4.78 is 40.0. The van der Waals surface area contributed by atoms with Crippen LogP contribution in [-0.2, 0) is 19.6 Å². The maximum Gasteiger partial charge on any atom is 0.326 e. The Morgan fingerprint density at radius 2 is 1.59 bits per heavy atom. The minimum Gasteiger partial charge on any atom is -0.459 e. The average molecular weight is 543 g/mol. The molecule has 1 atom stereocenters. The molecule has 0 amide bonds. The molecule has 0 aliphatic carbocycles. The quantitative estimate of drug-likeness (QED) is 0.467. The Labute approximate surface area is 202 Å². The molecule has 1 aliphatic heterocycles. The molecule has 0 spiro atoms. The van der Waals surface area contributed by atoms with Crippen molar-refractivity contribution >= 4 is 43.7 Å². The number of esters is 1. The molecular weight excluding hydrogens is 514 g/mol. The van der Waals surface area contributed by atoms with Gasteiger partial charge in [-0.15, -0.1) is 0 Å². The predicted octanol–water partition coefficient (Wildman–Crippen LogP) is 5.47. The zero-order chi connectivity index (χ0) is 23.7. The van der Waals surface area contributed by atoms with Crippen molar-refractivity contribution in [2.45, 2.75) is 55.9 Å². The molecule has 3 rings (SSSR count). The predicted molar refractivity (Wildman–Crippen MR) is 131 cm³/mol. The number of sulfonamides is 1. The van der Waals surface area contributed by atoms with Gasteiger partial charge in [0.15, 0.2) is 0 Å². The lowest BCUT2D eigenvalue weighted by Gasteiger charge is -2.44. The van der Waals surface area contributed by atoms with E-state index in [1.54, 1.807) is 44.7 Å². The number of halogens is 1. The highest BCUT2D eigenvalue weighted by molar-refractivity contribution is 9.10. The zero-order valence-corrected chi connectivity index (χ0v) is 22.0. The van der Waals surface area contributed by atoms with Crippen LogP contribution in [0.15, 0.2) is 57.9 Å². The molecule has 32 heavy (non-hydrogen) atoms. The van der Waals surface area contributed by atoms with E-state index in [0.717, 1.165) is 4.47 Å². The Hall–Kier alpha value is -1.55. The number of ether oxygens (including phenoxy) is 2. The van der Waals surface area contributed by atoms with Crippen LogP contribution in [0, 0.1) is 0 Å². The lowest BCUT2D eigenvalue weighted by molar-refractivity contribution is -0.160. The molecule has 6 nitrogen and oxygen atoms in total.